The van der Waals surface area contributed by atoms with E-state index in [-0.39, 0.29) is 29.6 Å². The third kappa shape index (κ3) is 5.02. The van der Waals surface area contributed by atoms with Gasteiger partial charge in [-0.3, -0.25) is 10.1 Å². The lowest BCUT2D eigenvalue weighted by atomic mass is 10.0. The molecule has 3 heterocycles. The number of hydrogen-bond donors (Lipinski definition) is 3. The van der Waals surface area contributed by atoms with Gasteiger partial charge in [0.25, 0.3) is 0 Å². The van der Waals surface area contributed by atoms with Crippen LogP contribution in [0.4, 0.5) is 10.5 Å². The Bertz CT molecular complexity index is 1110. The number of amides is 3. The summed E-state index contributed by atoms with van der Waals surface area (Å²) in [5.41, 5.74) is 1.49. The van der Waals surface area contributed by atoms with E-state index in [1.807, 2.05) is 18.2 Å². The highest BCUT2D eigenvalue weighted by Crippen LogP contribution is 2.39. The lowest BCUT2D eigenvalue weighted by Gasteiger charge is -2.39. The second-order valence-corrected chi connectivity index (χ2v) is 10.7. The van der Waals surface area contributed by atoms with Gasteiger partial charge in [-0.25, -0.2) is 4.79 Å². The number of benzene rings is 2. The van der Waals surface area contributed by atoms with Gasteiger partial charge in [0.15, 0.2) is 11.5 Å². The maximum atomic E-state index is 12.8. The van der Waals surface area contributed by atoms with Gasteiger partial charge in [-0.15, -0.1) is 11.8 Å². The van der Waals surface area contributed by atoms with Crippen molar-refractivity contribution in [2.75, 3.05) is 31.0 Å². The number of ether oxygens (including phenoxy) is 2. The Balaban J connectivity index is 1.10. The van der Waals surface area contributed by atoms with Gasteiger partial charge >= 0.3 is 6.03 Å². The fourth-order valence-corrected chi connectivity index (χ4v) is 6.17. The molecule has 0 aromatic heterocycles. The Hall–Kier alpha value is -2.33. The standard InChI is InChI=1S/C23H24Cl2N4O4S/c24-15-2-3-17(16(25)10-15)27-22(31)29-7-5-23(6-8-29)28-18(12-34-23)21(30)26-11-14-1-4-19-20(9-14)33-13-32-19/h1-4,9-10,18,28H,5-8,11-13H2,(H,26,30)(H,27,31). The van der Waals surface area contributed by atoms with E-state index in [4.69, 9.17) is 32.7 Å². The van der Waals surface area contributed by atoms with Gasteiger partial charge in [0.1, 0.15) is 0 Å². The first kappa shape index (κ1) is 23.4. The predicted molar refractivity (Wildman–Crippen MR) is 133 cm³/mol. The summed E-state index contributed by atoms with van der Waals surface area (Å²) >= 11 is 13.8. The minimum Gasteiger partial charge on any atom is -0.454 e. The molecular weight excluding hydrogens is 499 g/mol. The van der Waals surface area contributed by atoms with Crippen molar-refractivity contribution in [3.63, 3.8) is 0 Å². The Kier molecular flexibility index (Phi) is 6.70. The summed E-state index contributed by atoms with van der Waals surface area (Å²) in [6, 6.07) is 10.2. The van der Waals surface area contributed by atoms with Crippen LogP contribution >= 0.6 is 35.0 Å². The molecule has 1 unspecified atom stereocenters. The Morgan fingerprint density at radius 2 is 1.91 bits per heavy atom. The van der Waals surface area contributed by atoms with Crippen LogP contribution in [0, 0.1) is 0 Å². The van der Waals surface area contributed by atoms with Crippen LogP contribution in [0.25, 0.3) is 0 Å². The molecule has 34 heavy (non-hydrogen) atoms. The molecular formula is C23H24Cl2N4O4S. The lowest BCUT2D eigenvalue weighted by molar-refractivity contribution is -0.122. The zero-order valence-corrected chi connectivity index (χ0v) is 20.6. The topological polar surface area (TPSA) is 91.9 Å². The maximum absolute atomic E-state index is 12.8. The van der Waals surface area contributed by atoms with Gasteiger partial charge in [0, 0.05) is 30.4 Å². The van der Waals surface area contributed by atoms with Crippen molar-refractivity contribution in [2.24, 2.45) is 0 Å². The number of halogens is 2. The number of carbonyl (C=O) groups excluding carboxylic acids is 2. The first-order valence-electron chi connectivity index (χ1n) is 11.0. The summed E-state index contributed by atoms with van der Waals surface area (Å²) in [7, 11) is 0. The maximum Gasteiger partial charge on any atom is 0.321 e. The third-order valence-electron chi connectivity index (χ3n) is 6.21. The van der Waals surface area contributed by atoms with Crippen molar-refractivity contribution < 1.29 is 19.1 Å². The summed E-state index contributed by atoms with van der Waals surface area (Å²) in [6.45, 7) is 1.82. The molecule has 3 aliphatic heterocycles. The monoisotopic (exact) mass is 522 g/mol. The Morgan fingerprint density at radius 3 is 2.71 bits per heavy atom. The number of hydrogen-bond acceptors (Lipinski definition) is 6. The van der Waals surface area contributed by atoms with Gasteiger partial charge in [0.2, 0.25) is 12.7 Å². The molecule has 0 bridgehead atoms. The van der Waals surface area contributed by atoms with Crippen LogP contribution < -0.4 is 25.4 Å². The van der Waals surface area contributed by atoms with Crippen molar-refractivity contribution in [2.45, 2.75) is 30.3 Å². The number of anilines is 1. The Morgan fingerprint density at radius 1 is 1.12 bits per heavy atom. The SMILES string of the molecule is O=C(NCc1ccc2c(c1)OCO2)C1CSC2(CCN(C(=O)Nc3ccc(Cl)cc3Cl)CC2)N1. The van der Waals surface area contributed by atoms with Crippen molar-refractivity contribution in [3.8, 4) is 11.5 Å². The first-order valence-corrected chi connectivity index (χ1v) is 12.7. The van der Waals surface area contributed by atoms with Gasteiger partial charge < -0.3 is 25.0 Å². The van der Waals surface area contributed by atoms with Crippen molar-refractivity contribution >= 4 is 52.6 Å². The average Bonchev–Trinajstić information content (AvgIpc) is 3.47. The van der Waals surface area contributed by atoms with Gasteiger partial charge in [-0.2, -0.15) is 0 Å². The average molecular weight is 523 g/mol. The van der Waals surface area contributed by atoms with E-state index >= 15 is 0 Å². The fraction of sp³-hybridized carbons (Fsp3) is 0.391. The molecule has 0 saturated carbocycles. The smallest absolute Gasteiger partial charge is 0.321 e. The van der Waals surface area contributed by atoms with Crippen LogP contribution in [-0.2, 0) is 11.3 Å². The van der Waals surface area contributed by atoms with E-state index in [1.54, 1.807) is 34.9 Å². The van der Waals surface area contributed by atoms with E-state index in [0.717, 1.165) is 24.2 Å². The molecule has 180 valence electrons. The molecule has 2 aromatic rings. The number of piperidine rings is 1. The van der Waals surface area contributed by atoms with Crippen LogP contribution in [0.1, 0.15) is 18.4 Å². The molecule has 2 fully saturated rings. The summed E-state index contributed by atoms with van der Waals surface area (Å²) in [5.74, 6) is 2.09. The second kappa shape index (κ2) is 9.73. The van der Waals surface area contributed by atoms with Crippen molar-refractivity contribution in [3.05, 3.63) is 52.0 Å². The normalized spacial score (nSPS) is 20.4. The molecule has 2 aromatic carbocycles. The van der Waals surface area contributed by atoms with Crippen LogP contribution in [-0.4, -0.2) is 53.4 Å². The molecule has 0 radical (unpaired) electrons. The highest BCUT2D eigenvalue weighted by atomic mass is 35.5. The number of rotatable bonds is 4. The Labute approximate surface area is 211 Å². The fourth-order valence-electron chi connectivity index (χ4n) is 4.29. The van der Waals surface area contributed by atoms with Crippen molar-refractivity contribution in [1.29, 1.82) is 0 Å². The number of nitrogens with one attached hydrogen (secondary N) is 3. The number of nitrogens with zero attached hydrogens (tertiary/aromatic N) is 1. The molecule has 3 amide bonds. The number of urea groups is 1. The van der Waals surface area contributed by atoms with Crippen molar-refractivity contribution in [1.82, 2.24) is 15.5 Å². The molecule has 11 heteroatoms. The molecule has 5 rings (SSSR count). The quantitative estimate of drug-likeness (QED) is 0.560. The molecule has 0 aliphatic carbocycles. The second-order valence-electron chi connectivity index (χ2n) is 8.45. The van der Waals surface area contributed by atoms with Crippen LogP contribution in [0.15, 0.2) is 36.4 Å². The van der Waals surface area contributed by atoms with Gasteiger partial charge in [0.05, 0.1) is 21.6 Å². The van der Waals surface area contributed by atoms with E-state index in [2.05, 4.69) is 16.0 Å². The molecule has 8 nitrogen and oxygen atoms in total. The molecule has 2 saturated heterocycles. The van der Waals surface area contributed by atoms with Gasteiger partial charge in [-0.05, 0) is 48.7 Å². The molecule has 1 atom stereocenters. The molecule has 3 aliphatic rings. The number of carbonyl (C=O) groups is 2. The van der Waals surface area contributed by atoms with Crippen LogP contribution in [0.2, 0.25) is 10.0 Å². The zero-order chi connectivity index (χ0) is 23.7. The summed E-state index contributed by atoms with van der Waals surface area (Å²) in [4.78, 5) is 27.0. The minimum atomic E-state index is -0.271. The number of likely N-dealkylation sites (tertiary alicyclic amines) is 1. The summed E-state index contributed by atoms with van der Waals surface area (Å²) < 4.78 is 10.7. The zero-order valence-electron chi connectivity index (χ0n) is 18.2. The van der Waals surface area contributed by atoms with Crippen LogP contribution in [0.5, 0.6) is 11.5 Å². The predicted octanol–water partition coefficient (Wildman–Crippen LogP) is 4.07. The van der Waals surface area contributed by atoms with Gasteiger partial charge in [-0.1, -0.05) is 29.3 Å². The van der Waals surface area contributed by atoms with E-state index < -0.39 is 0 Å². The lowest BCUT2D eigenvalue weighted by Crippen LogP contribution is -2.54. The summed E-state index contributed by atoms with van der Waals surface area (Å²) in [5, 5.41) is 10.3. The highest BCUT2D eigenvalue weighted by molar-refractivity contribution is 8.01. The van der Waals surface area contributed by atoms with Crippen LogP contribution in [0.3, 0.4) is 0 Å². The largest absolute Gasteiger partial charge is 0.454 e. The molecule has 3 N–H and O–H groups in total. The van der Waals surface area contributed by atoms with E-state index in [1.165, 1.54) is 0 Å². The third-order valence-corrected chi connectivity index (χ3v) is 8.34. The number of thioether (sulfide) groups is 1. The minimum absolute atomic E-state index is 0.0282. The van der Waals surface area contributed by atoms with E-state index in [9.17, 15) is 9.59 Å². The summed E-state index contributed by atoms with van der Waals surface area (Å²) in [6.07, 6.45) is 1.51. The molecule has 1 spiro atoms. The van der Waals surface area contributed by atoms with E-state index in [0.29, 0.717) is 46.9 Å². The highest BCUT2D eigenvalue weighted by Gasteiger charge is 2.44. The number of fused-ring (bicyclic) bond motifs is 1. The first-order chi connectivity index (χ1) is 16.4.